The van der Waals surface area contributed by atoms with Gasteiger partial charge in [-0.1, -0.05) is 6.07 Å². The molecule has 4 heteroatoms. The van der Waals surface area contributed by atoms with Crippen LogP contribution in [0.2, 0.25) is 0 Å². The van der Waals surface area contributed by atoms with Crippen LogP contribution >= 0.6 is 11.3 Å². The number of carbonyl (C=O) groups is 1. The molecule has 106 valence electrons. The third-order valence-electron chi connectivity index (χ3n) is 4.15. The Morgan fingerprint density at radius 3 is 2.63 bits per heavy atom. The Kier molecular flexibility index (Phi) is 4.63. The number of hydrogen-bond donors (Lipinski definition) is 2. The summed E-state index contributed by atoms with van der Waals surface area (Å²) in [7, 11) is 0. The molecule has 19 heavy (non-hydrogen) atoms. The van der Waals surface area contributed by atoms with E-state index in [1.54, 1.807) is 11.3 Å². The molecule has 0 spiro atoms. The number of hydrogen-bond acceptors (Lipinski definition) is 3. The molecule has 0 atom stereocenters. The van der Waals surface area contributed by atoms with E-state index in [4.69, 9.17) is 5.11 Å². The first kappa shape index (κ1) is 14.5. The predicted octanol–water partition coefficient (Wildman–Crippen LogP) is 2.69. The van der Waals surface area contributed by atoms with Crippen molar-refractivity contribution in [2.75, 3.05) is 6.61 Å². The molecule has 0 bridgehead atoms. The lowest BCUT2D eigenvalue weighted by Gasteiger charge is -2.31. The summed E-state index contributed by atoms with van der Waals surface area (Å²) in [5.74, 6) is 0.542. The van der Waals surface area contributed by atoms with Gasteiger partial charge in [0, 0.05) is 17.5 Å². The molecule has 1 aromatic rings. The molecule has 1 amide bonds. The van der Waals surface area contributed by atoms with Crippen molar-refractivity contribution in [2.24, 2.45) is 5.92 Å². The van der Waals surface area contributed by atoms with Crippen molar-refractivity contribution in [3.05, 3.63) is 22.4 Å². The molecule has 1 fully saturated rings. The minimum Gasteiger partial charge on any atom is -0.396 e. The van der Waals surface area contributed by atoms with Gasteiger partial charge in [-0.2, -0.15) is 0 Å². The Labute approximate surface area is 119 Å². The molecule has 0 saturated heterocycles. The van der Waals surface area contributed by atoms with E-state index in [0.29, 0.717) is 5.92 Å². The topological polar surface area (TPSA) is 49.3 Å². The van der Waals surface area contributed by atoms with E-state index in [2.05, 4.69) is 5.32 Å². The molecular formula is C15H23NO2S. The largest absolute Gasteiger partial charge is 0.396 e. The Balaban J connectivity index is 1.91. The van der Waals surface area contributed by atoms with E-state index < -0.39 is 5.41 Å². The summed E-state index contributed by atoms with van der Waals surface area (Å²) in [4.78, 5) is 13.5. The lowest BCUT2D eigenvalue weighted by molar-refractivity contribution is -0.126. The Morgan fingerprint density at radius 1 is 1.42 bits per heavy atom. The maximum Gasteiger partial charge on any atom is 0.231 e. The molecule has 1 aromatic heterocycles. The smallest absolute Gasteiger partial charge is 0.231 e. The fourth-order valence-corrected chi connectivity index (χ4v) is 3.45. The van der Waals surface area contributed by atoms with Gasteiger partial charge in [-0.25, -0.2) is 0 Å². The fraction of sp³-hybridized carbons (Fsp3) is 0.667. The average Bonchev–Trinajstić information content (AvgIpc) is 2.94. The minimum absolute atomic E-state index is 0.113. The normalized spacial score (nSPS) is 24.2. The summed E-state index contributed by atoms with van der Waals surface area (Å²) in [6.07, 6.45) is 4.00. The van der Waals surface area contributed by atoms with Crippen LogP contribution in [0.4, 0.5) is 0 Å². The summed E-state index contributed by atoms with van der Waals surface area (Å²) in [5.41, 5.74) is -0.456. The predicted molar refractivity (Wildman–Crippen MR) is 78.3 cm³/mol. The van der Waals surface area contributed by atoms with E-state index >= 15 is 0 Å². The van der Waals surface area contributed by atoms with Crippen LogP contribution in [0, 0.1) is 5.92 Å². The molecule has 0 unspecified atom stereocenters. The van der Waals surface area contributed by atoms with Gasteiger partial charge in [0.2, 0.25) is 5.91 Å². The molecule has 0 aromatic carbocycles. The maximum atomic E-state index is 12.4. The SMILES string of the molecule is CC(C)(C(=O)NC1CCC(CO)CC1)c1cccs1. The molecule has 2 rings (SSSR count). The Morgan fingerprint density at radius 2 is 2.11 bits per heavy atom. The van der Waals surface area contributed by atoms with Gasteiger partial charge < -0.3 is 10.4 Å². The van der Waals surface area contributed by atoms with Gasteiger partial charge in [-0.05, 0) is 56.9 Å². The van der Waals surface area contributed by atoms with Gasteiger partial charge in [-0.3, -0.25) is 4.79 Å². The van der Waals surface area contributed by atoms with E-state index in [1.165, 1.54) is 0 Å². The van der Waals surface area contributed by atoms with Crippen LogP contribution in [-0.4, -0.2) is 23.7 Å². The molecule has 1 saturated carbocycles. The standard InChI is InChI=1S/C15H23NO2S/c1-15(2,13-4-3-9-19-13)14(18)16-12-7-5-11(10-17)6-8-12/h3-4,9,11-12,17H,5-8,10H2,1-2H3,(H,16,18). The molecule has 1 heterocycles. The molecule has 1 aliphatic rings. The molecule has 3 nitrogen and oxygen atoms in total. The summed E-state index contributed by atoms with van der Waals surface area (Å²) < 4.78 is 0. The summed E-state index contributed by atoms with van der Waals surface area (Å²) in [6.45, 7) is 4.24. The fourth-order valence-electron chi connectivity index (χ4n) is 2.60. The van der Waals surface area contributed by atoms with Crippen molar-refractivity contribution in [2.45, 2.75) is 51.0 Å². The van der Waals surface area contributed by atoms with Crippen molar-refractivity contribution in [1.29, 1.82) is 0 Å². The second-order valence-corrected chi connectivity index (χ2v) is 6.92. The van der Waals surface area contributed by atoms with E-state index in [9.17, 15) is 4.79 Å². The zero-order valence-corrected chi connectivity index (χ0v) is 12.5. The zero-order chi connectivity index (χ0) is 13.9. The van der Waals surface area contributed by atoms with E-state index in [-0.39, 0.29) is 18.6 Å². The van der Waals surface area contributed by atoms with Gasteiger partial charge in [-0.15, -0.1) is 11.3 Å². The van der Waals surface area contributed by atoms with Gasteiger partial charge in [0.05, 0.1) is 5.41 Å². The second-order valence-electron chi connectivity index (χ2n) is 5.98. The van der Waals surface area contributed by atoms with Gasteiger partial charge in [0.1, 0.15) is 0 Å². The minimum atomic E-state index is -0.456. The van der Waals surface area contributed by atoms with Crippen molar-refractivity contribution in [3.63, 3.8) is 0 Å². The zero-order valence-electron chi connectivity index (χ0n) is 11.7. The average molecular weight is 281 g/mol. The number of thiophene rings is 1. The van der Waals surface area contributed by atoms with Crippen LogP contribution in [0.5, 0.6) is 0 Å². The number of amides is 1. The van der Waals surface area contributed by atoms with Crippen molar-refractivity contribution in [3.8, 4) is 0 Å². The highest BCUT2D eigenvalue weighted by Gasteiger charge is 2.33. The first-order valence-corrected chi connectivity index (χ1v) is 7.88. The van der Waals surface area contributed by atoms with Crippen molar-refractivity contribution in [1.82, 2.24) is 5.32 Å². The quantitative estimate of drug-likeness (QED) is 0.891. The third kappa shape index (κ3) is 3.37. The number of nitrogens with one attached hydrogen (secondary N) is 1. The maximum absolute atomic E-state index is 12.4. The molecule has 0 aliphatic heterocycles. The van der Waals surface area contributed by atoms with Crippen LogP contribution in [0.25, 0.3) is 0 Å². The van der Waals surface area contributed by atoms with Gasteiger partial charge >= 0.3 is 0 Å². The van der Waals surface area contributed by atoms with Crippen LogP contribution in [-0.2, 0) is 10.2 Å². The number of aliphatic hydroxyl groups excluding tert-OH is 1. The molecule has 0 radical (unpaired) electrons. The van der Waals surface area contributed by atoms with Gasteiger partial charge in [0.15, 0.2) is 0 Å². The monoisotopic (exact) mass is 281 g/mol. The van der Waals surface area contributed by atoms with Crippen molar-refractivity contribution >= 4 is 17.2 Å². The summed E-state index contributed by atoms with van der Waals surface area (Å²) >= 11 is 1.63. The lowest BCUT2D eigenvalue weighted by atomic mass is 9.85. The molecular weight excluding hydrogens is 258 g/mol. The Bertz CT molecular complexity index is 406. The highest BCUT2D eigenvalue weighted by molar-refractivity contribution is 7.10. The summed E-state index contributed by atoms with van der Waals surface area (Å²) in [6, 6.07) is 4.28. The summed E-state index contributed by atoms with van der Waals surface area (Å²) in [5, 5.41) is 14.3. The van der Waals surface area contributed by atoms with Crippen LogP contribution in [0.15, 0.2) is 17.5 Å². The molecule has 2 N–H and O–H groups in total. The lowest BCUT2D eigenvalue weighted by Crippen LogP contribution is -2.46. The van der Waals surface area contributed by atoms with E-state index in [1.807, 2.05) is 31.4 Å². The van der Waals surface area contributed by atoms with Crippen molar-refractivity contribution < 1.29 is 9.90 Å². The Hall–Kier alpha value is -0.870. The second kappa shape index (κ2) is 6.06. The highest BCUT2D eigenvalue weighted by atomic mass is 32.1. The van der Waals surface area contributed by atoms with Gasteiger partial charge in [0.25, 0.3) is 0 Å². The number of rotatable bonds is 4. The molecule has 1 aliphatic carbocycles. The highest BCUT2D eigenvalue weighted by Crippen LogP contribution is 2.29. The van der Waals surface area contributed by atoms with Crippen LogP contribution < -0.4 is 5.32 Å². The first-order valence-electron chi connectivity index (χ1n) is 7.00. The van der Waals surface area contributed by atoms with Crippen LogP contribution in [0.1, 0.15) is 44.4 Å². The number of carbonyl (C=O) groups excluding carboxylic acids is 1. The number of aliphatic hydroxyl groups is 1. The first-order chi connectivity index (χ1) is 9.04. The van der Waals surface area contributed by atoms with Crippen LogP contribution in [0.3, 0.4) is 0 Å². The van der Waals surface area contributed by atoms with E-state index in [0.717, 1.165) is 30.6 Å². The third-order valence-corrected chi connectivity index (χ3v) is 5.34.